The van der Waals surface area contributed by atoms with E-state index in [1.54, 1.807) is 12.1 Å². The Labute approximate surface area is 107 Å². The van der Waals surface area contributed by atoms with Crippen molar-refractivity contribution in [3.8, 4) is 0 Å². The highest BCUT2D eigenvalue weighted by molar-refractivity contribution is 7.91. The zero-order chi connectivity index (χ0) is 13.3. The van der Waals surface area contributed by atoms with Gasteiger partial charge in [0.05, 0.1) is 24.2 Å². The topological polar surface area (TPSA) is 60.4 Å². The SMILES string of the molecule is COC(=O)CC1CCS(=O)(=O)c2ccc(C)cc21. The second-order valence-electron chi connectivity index (χ2n) is 4.63. The number of ether oxygens (including phenoxy) is 1. The molecule has 1 aromatic carbocycles. The van der Waals surface area contributed by atoms with Crippen LogP contribution in [-0.2, 0) is 19.4 Å². The number of benzene rings is 1. The van der Waals surface area contributed by atoms with E-state index in [1.807, 2.05) is 13.0 Å². The van der Waals surface area contributed by atoms with Gasteiger partial charge in [0.15, 0.2) is 9.84 Å². The quantitative estimate of drug-likeness (QED) is 0.768. The average molecular weight is 268 g/mol. The van der Waals surface area contributed by atoms with Crippen LogP contribution in [0.1, 0.15) is 29.9 Å². The third-order valence-electron chi connectivity index (χ3n) is 3.32. The molecule has 0 saturated heterocycles. The number of carbonyl (C=O) groups excluding carboxylic acids is 1. The van der Waals surface area contributed by atoms with E-state index < -0.39 is 9.84 Å². The van der Waals surface area contributed by atoms with Crippen LogP contribution in [0.15, 0.2) is 23.1 Å². The van der Waals surface area contributed by atoms with E-state index in [1.165, 1.54) is 7.11 Å². The van der Waals surface area contributed by atoms with Crippen molar-refractivity contribution in [1.29, 1.82) is 0 Å². The monoisotopic (exact) mass is 268 g/mol. The largest absolute Gasteiger partial charge is 0.469 e. The molecule has 0 fully saturated rings. The van der Waals surface area contributed by atoms with Crippen LogP contribution in [0.25, 0.3) is 0 Å². The van der Waals surface area contributed by atoms with Gasteiger partial charge in [-0.2, -0.15) is 0 Å². The van der Waals surface area contributed by atoms with E-state index >= 15 is 0 Å². The van der Waals surface area contributed by atoms with Gasteiger partial charge in [-0.25, -0.2) is 8.42 Å². The van der Waals surface area contributed by atoms with E-state index in [0.29, 0.717) is 11.3 Å². The predicted molar refractivity (Wildman–Crippen MR) is 67.2 cm³/mol. The Kier molecular flexibility index (Phi) is 3.43. The first-order valence-electron chi connectivity index (χ1n) is 5.84. The first kappa shape index (κ1) is 13.1. The number of rotatable bonds is 2. The maximum atomic E-state index is 12.0. The predicted octanol–water partition coefficient (Wildman–Crippen LogP) is 1.82. The minimum Gasteiger partial charge on any atom is -0.469 e. The fourth-order valence-corrected chi connectivity index (χ4v) is 4.00. The van der Waals surface area contributed by atoms with Crippen LogP contribution in [0.5, 0.6) is 0 Å². The molecule has 1 aliphatic rings. The summed E-state index contributed by atoms with van der Waals surface area (Å²) in [6.07, 6.45) is 0.719. The van der Waals surface area contributed by atoms with Gasteiger partial charge in [0.2, 0.25) is 0 Å². The van der Waals surface area contributed by atoms with Crippen LogP contribution >= 0.6 is 0 Å². The zero-order valence-corrected chi connectivity index (χ0v) is 11.3. The number of hydrogen-bond donors (Lipinski definition) is 0. The Bertz CT molecular complexity index is 575. The number of aryl methyl sites for hydroxylation is 1. The molecule has 0 spiro atoms. The molecule has 0 aliphatic carbocycles. The minimum atomic E-state index is -3.19. The van der Waals surface area contributed by atoms with Crippen molar-refractivity contribution < 1.29 is 17.9 Å². The summed E-state index contributed by atoms with van der Waals surface area (Å²) in [6.45, 7) is 1.91. The molecule has 18 heavy (non-hydrogen) atoms. The summed E-state index contributed by atoms with van der Waals surface area (Å²) < 4.78 is 28.6. The van der Waals surface area contributed by atoms with Gasteiger partial charge in [-0.05, 0) is 30.9 Å². The van der Waals surface area contributed by atoms with Gasteiger partial charge >= 0.3 is 5.97 Å². The van der Waals surface area contributed by atoms with Crippen LogP contribution in [-0.4, -0.2) is 27.2 Å². The molecule has 0 saturated carbocycles. The first-order valence-corrected chi connectivity index (χ1v) is 7.49. The summed E-state index contributed by atoms with van der Waals surface area (Å²) in [5.41, 5.74) is 1.76. The minimum absolute atomic E-state index is 0.0594. The number of fused-ring (bicyclic) bond motifs is 1. The van der Waals surface area contributed by atoms with Gasteiger partial charge in [0, 0.05) is 0 Å². The fourth-order valence-electron chi connectivity index (χ4n) is 2.33. The molecule has 5 heteroatoms. The van der Waals surface area contributed by atoms with Gasteiger partial charge in [-0.1, -0.05) is 17.7 Å². The number of methoxy groups -OCH3 is 1. The van der Waals surface area contributed by atoms with Crippen LogP contribution in [0.2, 0.25) is 0 Å². The molecule has 4 nitrogen and oxygen atoms in total. The molecule has 98 valence electrons. The Balaban J connectivity index is 2.44. The van der Waals surface area contributed by atoms with Crippen molar-refractivity contribution in [2.24, 2.45) is 0 Å². The summed E-state index contributed by atoms with van der Waals surface area (Å²) in [4.78, 5) is 11.7. The molecule has 0 radical (unpaired) electrons. The lowest BCUT2D eigenvalue weighted by Crippen LogP contribution is -2.22. The summed E-state index contributed by atoms with van der Waals surface area (Å²) >= 11 is 0. The van der Waals surface area contributed by atoms with E-state index in [2.05, 4.69) is 4.74 Å². The maximum absolute atomic E-state index is 12.0. The Hall–Kier alpha value is -1.36. The number of sulfone groups is 1. The molecule has 0 amide bonds. The Morgan fingerprint density at radius 1 is 1.44 bits per heavy atom. The fraction of sp³-hybridized carbons (Fsp3) is 0.462. The molecule has 0 aromatic heterocycles. The van der Waals surface area contributed by atoms with Gasteiger partial charge in [-0.15, -0.1) is 0 Å². The highest BCUT2D eigenvalue weighted by atomic mass is 32.2. The Morgan fingerprint density at radius 3 is 2.83 bits per heavy atom. The second kappa shape index (κ2) is 4.72. The van der Waals surface area contributed by atoms with Crippen molar-refractivity contribution in [3.63, 3.8) is 0 Å². The molecule has 1 unspecified atom stereocenters. The molecular formula is C13H16O4S. The third-order valence-corrected chi connectivity index (χ3v) is 5.13. The van der Waals surface area contributed by atoms with Crippen LogP contribution in [0.4, 0.5) is 0 Å². The average Bonchev–Trinajstić information content (AvgIpc) is 2.32. The summed E-state index contributed by atoms with van der Waals surface area (Å²) in [5, 5.41) is 0. The lowest BCUT2D eigenvalue weighted by molar-refractivity contribution is -0.141. The normalized spacial score (nSPS) is 21.1. The van der Waals surface area contributed by atoms with Crippen molar-refractivity contribution in [3.05, 3.63) is 29.3 Å². The molecule has 1 heterocycles. The highest BCUT2D eigenvalue weighted by Gasteiger charge is 2.31. The molecular weight excluding hydrogens is 252 g/mol. The van der Waals surface area contributed by atoms with Crippen molar-refractivity contribution in [1.82, 2.24) is 0 Å². The lowest BCUT2D eigenvalue weighted by atomic mass is 9.91. The standard InChI is InChI=1S/C13H16O4S/c1-9-3-4-12-11(7-9)10(8-13(14)17-2)5-6-18(12,15)16/h3-4,7,10H,5-6,8H2,1-2H3. The molecule has 1 aliphatic heterocycles. The zero-order valence-electron chi connectivity index (χ0n) is 10.5. The van der Waals surface area contributed by atoms with Crippen LogP contribution in [0, 0.1) is 6.92 Å². The maximum Gasteiger partial charge on any atom is 0.306 e. The first-order chi connectivity index (χ1) is 8.44. The second-order valence-corrected chi connectivity index (χ2v) is 6.70. The van der Waals surface area contributed by atoms with Crippen LogP contribution in [0.3, 0.4) is 0 Å². The highest BCUT2D eigenvalue weighted by Crippen LogP contribution is 2.36. The summed E-state index contributed by atoms with van der Waals surface area (Å²) in [5.74, 6) is -0.257. The van der Waals surface area contributed by atoms with Crippen molar-refractivity contribution in [2.75, 3.05) is 12.9 Å². The molecule has 0 N–H and O–H groups in total. The molecule has 1 aromatic rings. The van der Waals surface area contributed by atoms with Crippen LogP contribution < -0.4 is 0 Å². The molecule has 2 rings (SSSR count). The van der Waals surface area contributed by atoms with E-state index in [4.69, 9.17) is 0 Å². The van der Waals surface area contributed by atoms with Crippen molar-refractivity contribution in [2.45, 2.75) is 30.6 Å². The van der Waals surface area contributed by atoms with Gasteiger partial charge < -0.3 is 4.74 Å². The smallest absolute Gasteiger partial charge is 0.306 e. The van der Waals surface area contributed by atoms with E-state index in [0.717, 1.165) is 11.1 Å². The number of esters is 1. The lowest BCUT2D eigenvalue weighted by Gasteiger charge is -2.25. The third kappa shape index (κ3) is 2.41. The summed E-state index contributed by atoms with van der Waals surface area (Å²) in [7, 11) is -1.84. The van der Waals surface area contributed by atoms with E-state index in [-0.39, 0.29) is 24.1 Å². The summed E-state index contributed by atoms with van der Waals surface area (Å²) in [6, 6.07) is 5.29. The molecule has 0 bridgehead atoms. The Morgan fingerprint density at radius 2 is 2.17 bits per heavy atom. The van der Waals surface area contributed by atoms with Crippen molar-refractivity contribution >= 4 is 15.8 Å². The van der Waals surface area contributed by atoms with Gasteiger partial charge in [-0.3, -0.25) is 4.79 Å². The number of hydrogen-bond acceptors (Lipinski definition) is 4. The number of carbonyl (C=O) groups is 1. The van der Waals surface area contributed by atoms with Gasteiger partial charge in [0.1, 0.15) is 0 Å². The van der Waals surface area contributed by atoms with Gasteiger partial charge in [0.25, 0.3) is 0 Å². The molecule has 1 atom stereocenters. The van der Waals surface area contributed by atoms with E-state index in [9.17, 15) is 13.2 Å².